The van der Waals surface area contributed by atoms with Crippen molar-refractivity contribution in [1.82, 2.24) is 15.2 Å². The molecule has 0 saturated carbocycles. The van der Waals surface area contributed by atoms with Crippen molar-refractivity contribution in [3.05, 3.63) is 65.5 Å². The van der Waals surface area contributed by atoms with Gasteiger partial charge >= 0.3 is 0 Å². The summed E-state index contributed by atoms with van der Waals surface area (Å²) < 4.78 is 5.90. The van der Waals surface area contributed by atoms with Gasteiger partial charge in [-0.05, 0) is 68.5 Å². The monoisotopic (exact) mass is 405 g/mol. The molecule has 0 aliphatic carbocycles. The Hall–Kier alpha value is -2.66. The number of likely N-dealkylation sites (tertiary alicyclic amines) is 1. The second-order valence-corrected chi connectivity index (χ2v) is 8.43. The Morgan fingerprint density at radius 3 is 2.90 bits per heavy atom. The number of amides is 1. The van der Waals surface area contributed by atoms with Gasteiger partial charge in [0.25, 0.3) is 5.91 Å². The van der Waals surface area contributed by atoms with Gasteiger partial charge in [-0.25, -0.2) is 4.98 Å². The number of aryl methyl sites for hydroxylation is 2. The summed E-state index contributed by atoms with van der Waals surface area (Å²) >= 11 is 0. The highest BCUT2D eigenvalue weighted by Crippen LogP contribution is 2.19. The molecule has 3 aromatic rings. The molecule has 0 bridgehead atoms. The molecule has 1 amide bonds. The van der Waals surface area contributed by atoms with Crippen molar-refractivity contribution in [2.75, 3.05) is 26.2 Å². The van der Waals surface area contributed by atoms with E-state index in [9.17, 15) is 4.79 Å². The number of nitrogens with zero attached hydrogens (tertiary/aromatic N) is 2. The molecule has 30 heavy (non-hydrogen) atoms. The minimum Gasteiger partial charge on any atom is -0.441 e. The first-order valence-corrected chi connectivity index (χ1v) is 11.1. The average molecular weight is 406 g/mol. The minimum absolute atomic E-state index is 0.0499. The van der Waals surface area contributed by atoms with Crippen LogP contribution in [0.25, 0.3) is 11.1 Å². The summed E-state index contributed by atoms with van der Waals surface area (Å²) in [5.41, 5.74) is 3.36. The Labute approximate surface area is 178 Å². The van der Waals surface area contributed by atoms with E-state index >= 15 is 0 Å². The maximum atomic E-state index is 12.5. The Kier molecular flexibility index (Phi) is 6.80. The van der Waals surface area contributed by atoms with Crippen LogP contribution >= 0.6 is 0 Å². The van der Waals surface area contributed by atoms with Gasteiger partial charge in [-0.3, -0.25) is 4.79 Å². The van der Waals surface area contributed by atoms with Gasteiger partial charge in [0, 0.05) is 25.1 Å². The molecule has 0 radical (unpaired) electrons. The number of fused-ring (bicyclic) bond motifs is 1. The van der Waals surface area contributed by atoms with E-state index in [0.29, 0.717) is 23.6 Å². The summed E-state index contributed by atoms with van der Waals surface area (Å²) in [5, 5.41) is 3.04. The third-order valence-electron chi connectivity index (χ3n) is 5.84. The predicted octanol–water partition coefficient (Wildman–Crippen LogP) is 4.46. The van der Waals surface area contributed by atoms with E-state index in [2.05, 4.69) is 34.3 Å². The second-order valence-electron chi connectivity index (χ2n) is 8.43. The quantitative estimate of drug-likeness (QED) is 0.562. The Morgan fingerprint density at radius 2 is 2.07 bits per heavy atom. The summed E-state index contributed by atoms with van der Waals surface area (Å²) in [4.78, 5) is 19.6. The highest BCUT2D eigenvalue weighted by molar-refractivity contribution is 5.96. The van der Waals surface area contributed by atoms with Crippen LogP contribution in [-0.4, -0.2) is 42.0 Å². The van der Waals surface area contributed by atoms with Crippen LogP contribution < -0.4 is 5.32 Å². The molecule has 1 aliphatic heterocycles. The summed E-state index contributed by atoms with van der Waals surface area (Å²) in [5.74, 6) is 1.45. The van der Waals surface area contributed by atoms with Crippen molar-refractivity contribution in [3.8, 4) is 0 Å². The van der Waals surface area contributed by atoms with Crippen LogP contribution in [0.15, 0.2) is 52.9 Å². The fraction of sp³-hybridized carbons (Fsp3) is 0.440. The molecule has 2 heterocycles. The zero-order chi connectivity index (χ0) is 20.8. The first-order chi connectivity index (χ1) is 14.7. The van der Waals surface area contributed by atoms with E-state index in [-0.39, 0.29) is 5.91 Å². The Bertz CT molecular complexity index is 967. The summed E-state index contributed by atoms with van der Waals surface area (Å²) in [6.07, 6.45) is 5.24. The van der Waals surface area contributed by atoms with Crippen molar-refractivity contribution >= 4 is 17.0 Å². The van der Waals surface area contributed by atoms with Crippen LogP contribution in [0, 0.1) is 5.92 Å². The lowest BCUT2D eigenvalue weighted by Crippen LogP contribution is -2.36. The van der Waals surface area contributed by atoms with E-state index in [1.54, 1.807) is 6.07 Å². The van der Waals surface area contributed by atoms with E-state index in [0.717, 1.165) is 37.2 Å². The molecule has 1 N–H and O–H groups in total. The molecule has 0 unspecified atom stereocenters. The van der Waals surface area contributed by atoms with Crippen molar-refractivity contribution < 1.29 is 9.21 Å². The third-order valence-corrected chi connectivity index (χ3v) is 5.84. The first kappa shape index (κ1) is 20.6. The number of hydrogen-bond donors (Lipinski definition) is 1. The van der Waals surface area contributed by atoms with Crippen LogP contribution in [0.2, 0.25) is 0 Å². The SMILES string of the molecule is C[C@@H]1CCCN(CCCNC(=O)c2ccc3nc(CCc4ccccc4)oc3c2)C1. The van der Waals surface area contributed by atoms with Crippen LogP contribution in [0.4, 0.5) is 0 Å². The van der Waals surface area contributed by atoms with Gasteiger partial charge in [0.2, 0.25) is 0 Å². The van der Waals surface area contributed by atoms with Crippen molar-refractivity contribution in [2.24, 2.45) is 5.92 Å². The molecular formula is C25H31N3O2. The molecule has 5 nitrogen and oxygen atoms in total. The highest BCUT2D eigenvalue weighted by atomic mass is 16.3. The van der Waals surface area contributed by atoms with Crippen LogP contribution in [0.1, 0.15) is 48.0 Å². The van der Waals surface area contributed by atoms with Gasteiger partial charge in [-0.1, -0.05) is 37.3 Å². The lowest BCUT2D eigenvalue weighted by atomic mass is 10.0. The smallest absolute Gasteiger partial charge is 0.251 e. The van der Waals surface area contributed by atoms with Crippen LogP contribution in [-0.2, 0) is 12.8 Å². The zero-order valence-corrected chi connectivity index (χ0v) is 17.8. The number of aromatic nitrogens is 1. The number of piperidine rings is 1. The van der Waals surface area contributed by atoms with Crippen LogP contribution in [0.5, 0.6) is 0 Å². The molecule has 1 aliphatic rings. The molecular weight excluding hydrogens is 374 g/mol. The number of rotatable bonds is 8. The highest BCUT2D eigenvalue weighted by Gasteiger charge is 2.16. The summed E-state index contributed by atoms with van der Waals surface area (Å²) in [6, 6.07) is 15.8. The van der Waals surface area contributed by atoms with Gasteiger partial charge in [0.1, 0.15) is 5.52 Å². The zero-order valence-electron chi connectivity index (χ0n) is 17.8. The van der Waals surface area contributed by atoms with E-state index in [1.807, 2.05) is 30.3 Å². The number of benzene rings is 2. The van der Waals surface area contributed by atoms with E-state index in [4.69, 9.17) is 4.42 Å². The predicted molar refractivity (Wildman–Crippen MR) is 120 cm³/mol. The number of oxazole rings is 1. The first-order valence-electron chi connectivity index (χ1n) is 11.1. The molecule has 5 heteroatoms. The molecule has 158 valence electrons. The van der Waals surface area contributed by atoms with Crippen molar-refractivity contribution in [3.63, 3.8) is 0 Å². The molecule has 1 saturated heterocycles. The minimum atomic E-state index is -0.0499. The topological polar surface area (TPSA) is 58.4 Å². The number of nitrogens with one attached hydrogen (secondary N) is 1. The maximum absolute atomic E-state index is 12.5. The largest absolute Gasteiger partial charge is 0.441 e. The average Bonchev–Trinajstić information content (AvgIpc) is 3.18. The van der Waals surface area contributed by atoms with Gasteiger partial charge < -0.3 is 14.6 Å². The molecule has 1 atom stereocenters. The fourth-order valence-corrected chi connectivity index (χ4v) is 4.21. The van der Waals surface area contributed by atoms with E-state index < -0.39 is 0 Å². The maximum Gasteiger partial charge on any atom is 0.251 e. The lowest BCUT2D eigenvalue weighted by Gasteiger charge is -2.30. The Balaban J connectivity index is 1.27. The standard InChI is InChI=1S/C25H31N3O2/c1-19-7-5-15-28(18-19)16-6-14-26-25(29)21-11-12-22-23(17-21)30-24(27-22)13-10-20-8-3-2-4-9-20/h2-4,8-9,11-12,17,19H,5-7,10,13-16,18H2,1H3,(H,26,29)/t19-/m1/s1. The molecule has 4 rings (SSSR count). The molecule has 1 aromatic heterocycles. The molecule has 1 fully saturated rings. The normalized spacial score (nSPS) is 17.3. The number of carbonyl (C=O) groups is 1. The van der Waals surface area contributed by atoms with Crippen LogP contribution in [0.3, 0.4) is 0 Å². The van der Waals surface area contributed by atoms with E-state index in [1.165, 1.54) is 31.5 Å². The summed E-state index contributed by atoms with van der Waals surface area (Å²) in [6.45, 7) is 6.44. The Morgan fingerprint density at radius 1 is 1.20 bits per heavy atom. The second kappa shape index (κ2) is 9.90. The van der Waals surface area contributed by atoms with Gasteiger partial charge in [-0.2, -0.15) is 0 Å². The molecule has 2 aromatic carbocycles. The van der Waals surface area contributed by atoms with Crippen molar-refractivity contribution in [1.29, 1.82) is 0 Å². The number of hydrogen-bond acceptors (Lipinski definition) is 4. The van der Waals surface area contributed by atoms with Gasteiger partial charge in [0.15, 0.2) is 11.5 Å². The van der Waals surface area contributed by atoms with Gasteiger partial charge in [0.05, 0.1) is 0 Å². The third kappa shape index (κ3) is 5.48. The van der Waals surface area contributed by atoms with Gasteiger partial charge in [-0.15, -0.1) is 0 Å². The lowest BCUT2D eigenvalue weighted by molar-refractivity contribution is 0.0950. The number of carbonyl (C=O) groups excluding carboxylic acids is 1. The molecule has 0 spiro atoms. The fourth-order valence-electron chi connectivity index (χ4n) is 4.21. The summed E-state index contributed by atoms with van der Waals surface area (Å²) in [7, 11) is 0. The van der Waals surface area contributed by atoms with Crippen molar-refractivity contribution in [2.45, 2.75) is 39.0 Å².